The molecule has 0 saturated carbocycles. The van der Waals surface area contributed by atoms with Crippen LogP contribution in [0.15, 0.2) is 47.5 Å². The summed E-state index contributed by atoms with van der Waals surface area (Å²) >= 11 is 0. The average Bonchev–Trinajstić information content (AvgIpc) is 3.52. The molecule has 1 aromatic heterocycles. The van der Waals surface area contributed by atoms with E-state index in [4.69, 9.17) is 5.73 Å². The topological polar surface area (TPSA) is 158 Å². The van der Waals surface area contributed by atoms with Crippen molar-refractivity contribution in [3.63, 3.8) is 0 Å². The fraction of sp³-hybridized carbons (Fsp3) is 0.320. The molecule has 2 unspecified atom stereocenters. The highest BCUT2D eigenvalue weighted by molar-refractivity contribution is 6.50. The van der Waals surface area contributed by atoms with Crippen molar-refractivity contribution in [2.24, 2.45) is 16.6 Å². The molecule has 0 spiro atoms. The number of aromatic amines is 1. The molecular formula is C25H27FN8O3. The van der Waals surface area contributed by atoms with Gasteiger partial charge in [-0.05, 0) is 50.7 Å². The number of primary amides is 1. The molecule has 5 rings (SSSR count). The molecule has 12 heteroatoms. The zero-order valence-electron chi connectivity index (χ0n) is 20.2. The van der Waals surface area contributed by atoms with Crippen LogP contribution in [-0.2, 0) is 19.9 Å². The van der Waals surface area contributed by atoms with E-state index in [1.54, 1.807) is 24.3 Å². The summed E-state index contributed by atoms with van der Waals surface area (Å²) in [4.78, 5) is 52.4. The van der Waals surface area contributed by atoms with Gasteiger partial charge in [-0.2, -0.15) is 0 Å². The molecule has 3 aromatic rings. The third-order valence-electron chi connectivity index (χ3n) is 6.77. The van der Waals surface area contributed by atoms with Crippen molar-refractivity contribution in [1.29, 1.82) is 0 Å². The number of aliphatic imine (C=N–C) groups is 1. The Morgan fingerprint density at radius 1 is 1.14 bits per heavy atom. The third kappa shape index (κ3) is 4.45. The normalized spacial score (nSPS) is 22.0. The number of nitrogens with two attached hydrogens (primary N) is 1. The minimum atomic E-state index is -1.83. The number of H-pyrrole nitrogens is 1. The Hall–Kier alpha value is -4.16. The number of hydrogen-bond donors (Lipinski definition) is 5. The van der Waals surface area contributed by atoms with E-state index in [-0.39, 0.29) is 41.4 Å². The van der Waals surface area contributed by atoms with Crippen LogP contribution < -0.4 is 21.7 Å². The summed E-state index contributed by atoms with van der Waals surface area (Å²) in [6, 6.07) is 11.4. The number of likely N-dealkylation sites (tertiary alicyclic amines) is 1. The van der Waals surface area contributed by atoms with Crippen molar-refractivity contribution in [2.45, 2.75) is 18.4 Å². The number of anilines is 2. The molecule has 2 aliphatic rings. The lowest BCUT2D eigenvalue weighted by atomic mass is 9.91. The molecule has 0 radical (unpaired) electrons. The Bertz CT molecular complexity index is 1390. The second-order valence-corrected chi connectivity index (χ2v) is 9.27. The molecule has 11 nitrogen and oxygen atoms in total. The van der Waals surface area contributed by atoms with Crippen LogP contribution in [0.5, 0.6) is 0 Å². The van der Waals surface area contributed by atoms with Gasteiger partial charge in [0.2, 0.25) is 11.4 Å². The summed E-state index contributed by atoms with van der Waals surface area (Å²) < 4.78 is 15.3. The monoisotopic (exact) mass is 506 g/mol. The zero-order chi connectivity index (χ0) is 26.2. The van der Waals surface area contributed by atoms with E-state index in [1.807, 2.05) is 7.05 Å². The summed E-state index contributed by atoms with van der Waals surface area (Å²) in [5.74, 6) is -2.97. The maximum absolute atomic E-state index is 15.3. The van der Waals surface area contributed by atoms with Crippen LogP contribution in [0.4, 0.5) is 15.8 Å². The molecule has 2 aromatic carbocycles. The lowest BCUT2D eigenvalue weighted by Gasteiger charge is -2.28. The molecule has 3 amide bonds. The highest BCUT2D eigenvalue weighted by atomic mass is 19.1. The number of amides is 3. The minimum Gasteiger partial charge on any atom is -0.367 e. The Kier molecular flexibility index (Phi) is 6.44. The number of benzene rings is 2. The standard InChI is InChI=1S/C25H27FN8O3/c1-34-11-5-6-14(12-34)21(35)30-17-9-4-10-18(19(17)26)31-22(36)20-25(23(27)37,29-13-28-20)24-32-15-7-2-3-8-16(15)33-24/h2-4,7-10,14,29H,5-6,11-13H2,1H3,(H2,27,37)(H,30,35)(H,31,36)(H,32,33). The van der Waals surface area contributed by atoms with Crippen molar-refractivity contribution in [3.05, 3.63) is 54.1 Å². The van der Waals surface area contributed by atoms with Crippen molar-refractivity contribution >= 4 is 45.8 Å². The van der Waals surface area contributed by atoms with Crippen LogP contribution in [0.3, 0.4) is 0 Å². The van der Waals surface area contributed by atoms with Gasteiger partial charge in [0.15, 0.2) is 5.82 Å². The van der Waals surface area contributed by atoms with E-state index in [0.29, 0.717) is 17.6 Å². The summed E-state index contributed by atoms with van der Waals surface area (Å²) in [5.41, 5.74) is 4.65. The Labute approximate surface area is 211 Å². The van der Waals surface area contributed by atoms with Gasteiger partial charge in [-0.25, -0.2) is 9.37 Å². The maximum atomic E-state index is 15.3. The lowest BCUT2D eigenvalue weighted by Crippen LogP contribution is -2.58. The van der Waals surface area contributed by atoms with Crippen LogP contribution in [0.1, 0.15) is 18.7 Å². The van der Waals surface area contributed by atoms with Gasteiger partial charge in [0.1, 0.15) is 11.5 Å². The number of piperidine rings is 1. The second-order valence-electron chi connectivity index (χ2n) is 9.27. The number of nitrogens with zero attached hydrogens (tertiary/aromatic N) is 3. The van der Waals surface area contributed by atoms with Crippen LogP contribution in [-0.4, -0.2) is 65.1 Å². The van der Waals surface area contributed by atoms with Crippen molar-refractivity contribution < 1.29 is 18.8 Å². The molecule has 0 bridgehead atoms. The SMILES string of the molecule is CN1CCCC(C(=O)Nc2cccc(NC(=O)C3=NCNC3(C(N)=O)c3nc4ccccc4[nH]3)c2F)C1. The van der Waals surface area contributed by atoms with Crippen LogP contribution in [0.2, 0.25) is 0 Å². The summed E-state index contributed by atoms with van der Waals surface area (Å²) in [6.07, 6.45) is 1.61. The average molecular weight is 507 g/mol. The third-order valence-corrected chi connectivity index (χ3v) is 6.77. The first kappa shape index (κ1) is 24.5. The van der Waals surface area contributed by atoms with Gasteiger partial charge in [-0.15, -0.1) is 0 Å². The number of aromatic nitrogens is 2. The number of halogens is 1. The number of carbonyl (C=O) groups excluding carboxylic acids is 3. The fourth-order valence-electron chi connectivity index (χ4n) is 4.85. The largest absolute Gasteiger partial charge is 0.367 e. The van der Waals surface area contributed by atoms with Gasteiger partial charge in [0.05, 0.1) is 35.0 Å². The molecule has 0 aliphatic carbocycles. The maximum Gasteiger partial charge on any atom is 0.272 e. The first-order chi connectivity index (χ1) is 17.8. The number of para-hydroxylation sites is 2. The lowest BCUT2D eigenvalue weighted by molar-refractivity contribution is -0.123. The van der Waals surface area contributed by atoms with Gasteiger partial charge < -0.3 is 26.3 Å². The van der Waals surface area contributed by atoms with Gasteiger partial charge in [-0.3, -0.25) is 24.7 Å². The number of hydrogen-bond acceptors (Lipinski definition) is 7. The van der Waals surface area contributed by atoms with Crippen molar-refractivity contribution in [3.8, 4) is 0 Å². The van der Waals surface area contributed by atoms with E-state index in [9.17, 15) is 14.4 Å². The minimum absolute atomic E-state index is 0.0547. The van der Waals surface area contributed by atoms with Crippen molar-refractivity contribution in [2.75, 3.05) is 37.4 Å². The van der Waals surface area contributed by atoms with Gasteiger partial charge in [0.25, 0.3) is 11.8 Å². The Balaban J connectivity index is 1.39. The van der Waals surface area contributed by atoms with E-state index < -0.39 is 23.2 Å². The molecule has 37 heavy (non-hydrogen) atoms. The zero-order valence-corrected chi connectivity index (χ0v) is 20.2. The Morgan fingerprint density at radius 2 is 1.89 bits per heavy atom. The number of imidazole rings is 1. The molecule has 3 heterocycles. The van der Waals surface area contributed by atoms with E-state index >= 15 is 4.39 Å². The van der Waals surface area contributed by atoms with Crippen LogP contribution in [0.25, 0.3) is 11.0 Å². The number of rotatable bonds is 6. The second kappa shape index (κ2) is 9.71. The van der Waals surface area contributed by atoms with Crippen LogP contribution in [0, 0.1) is 11.7 Å². The molecule has 2 aliphatic heterocycles. The number of carbonyl (C=O) groups is 3. The fourth-order valence-corrected chi connectivity index (χ4v) is 4.85. The molecule has 1 saturated heterocycles. The molecule has 1 fully saturated rings. The van der Waals surface area contributed by atoms with Crippen LogP contribution >= 0.6 is 0 Å². The highest BCUT2D eigenvalue weighted by Gasteiger charge is 2.52. The predicted octanol–water partition coefficient (Wildman–Crippen LogP) is 1.30. The van der Waals surface area contributed by atoms with Gasteiger partial charge in [0, 0.05) is 6.54 Å². The quantitative estimate of drug-likeness (QED) is 0.339. The molecule has 192 valence electrons. The predicted molar refractivity (Wildman–Crippen MR) is 136 cm³/mol. The molecular weight excluding hydrogens is 479 g/mol. The highest BCUT2D eigenvalue weighted by Crippen LogP contribution is 2.29. The smallest absolute Gasteiger partial charge is 0.272 e. The van der Waals surface area contributed by atoms with Crippen molar-refractivity contribution in [1.82, 2.24) is 20.2 Å². The first-order valence-corrected chi connectivity index (χ1v) is 11.9. The number of nitrogens with one attached hydrogen (secondary N) is 4. The summed E-state index contributed by atoms with van der Waals surface area (Å²) in [6.45, 7) is 1.43. The van der Waals surface area contributed by atoms with E-state index in [1.165, 1.54) is 18.2 Å². The van der Waals surface area contributed by atoms with E-state index in [2.05, 4.69) is 35.8 Å². The molecule has 2 atom stereocenters. The first-order valence-electron chi connectivity index (χ1n) is 11.9. The Morgan fingerprint density at radius 3 is 2.62 bits per heavy atom. The number of fused-ring (bicyclic) bond motifs is 1. The summed E-state index contributed by atoms with van der Waals surface area (Å²) in [5, 5.41) is 7.98. The van der Waals surface area contributed by atoms with Gasteiger partial charge in [-0.1, -0.05) is 18.2 Å². The molecule has 6 N–H and O–H groups in total. The summed E-state index contributed by atoms with van der Waals surface area (Å²) in [7, 11) is 1.94. The van der Waals surface area contributed by atoms with Gasteiger partial charge >= 0.3 is 0 Å². The van der Waals surface area contributed by atoms with E-state index in [0.717, 1.165) is 19.4 Å².